The number of aromatic nitrogens is 1. The number of hydrogen-bond donors (Lipinski definition) is 4. The predicted octanol–water partition coefficient (Wildman–Crippen LogP) is 2.80. The summed E-state index contributed by atoms with van der Waals surface area (Å²) in [6.45, 7) is 0. The van der Waals surface area contributed by atoms with Gasteiger partial charge in [-0.3, -0.25) is 9.59 Å². The van der Waals surface area contributed by atoms with E-state index in [1.54, 1.807) is 0 Å². The Balaban J connectivity index is 1.71. The highest BCUT2D eigenvalue weighted by atomic mass is 32.1. The lowest BCUT2D eigenvalue weighted by Gasteiger charge is -2.08. The van der Waals surface area contributed by atoms with Crippen LogP contribution in [0.2, 0.25) is 0 Å². The first-order chi connectivity index (χ1) is 11.8. The molecule has 1 amide bonds. The van der Waals surface area contributed by atoms with E-state index in [0.717, 1.165) is 23.5 Å². The van der Waals surface area contributed by atoms with E-state index in [2.05, 4.69) is 10.3 Å². The third-order valence-corrected chi connectivity index (χ3v) is 4.99. The molecule has 0 radical (unpaired) electrons. The van der Waals surface area contributed by atoms with E-state index in [-0.39, 0.29) is 34.0 Å². The van der Waals surface area contributed by atoms with Gasteiger partial charge < -0.3 is 20.6 Å². The average molecular weight is 366 g/mol. The van der Waals surface area contributed by atoms with E-state index in [1.165, 1.54) is 5.38 Å². The SMILES string of the molecule is O=C(O)[C@@H]1CC[C@@H](C(=O)Nc2nc(-c3cc(F)c(O)cc3O)cs2)C1. The van der Waals surface area contributed by atoms with Crippen LogP contribution in [0.3, 0.4) is 0 Å². The zero-order valence-corrected chi connectivity index (χ0v) is 13.7. The highest BCUT2D eigenvalue weighted by molar-refractivity contribution is 7.14. The molecule has 9 heteroatoms. The largest absolute Gasteiger partial charge is 0.507 e. The second-order valence-electron chi connectivity index (χ2n) is 5.89. The van der Waals surface area contributed by atoms with Gasteiger partial charge in [-0.2, -0.15) is 0 Å². The number of carbonyl (C=O) groups is 2. The molecule has 2 atom stereocenters. The van der Waals surface area contributed by atoms with Crippen LogP contribution in [0.25, 0.3) is 11.3 Å². The molecule has 132 valence electrons. The summed E-state index contributed by atoms with van der Waals surface area (Å²) in [6.07, 6.45) is 1.27. The monoisotopic (exact) mass is 366 g/mol. The molecule has 1 aliphatic carbocycles. The number of benzene rings is 1. The smallest absolute Gasteiger partial charge is 0.306 e. The first-order valence-electron chi connectivity index (χ1n) is 7.56. The number of carbonyl (C=O) groups excluding carboxylic acids is 1. The van der Waals surface area contributed by atoms with Crippen LogP contribution in [0, 0.1) is 17.7 Å². The standard InChI is InChI=1S/C16H15FN2O5S/c17-10-4-9(12(20)5-13(10)21)11-6-25-16(18-11)19-14(22)7-1-2-8(3-7)15(23)24/h4-8,20-21H,1-3H2,(H,23,24)(H,18,19,22)/t7-,8-/m1/s1. The van der Waals surface area contributed by atoms with Crippen molar-refractivity contribution in [2.45, 2.75) is 19.3 Å². The van der Waals surface area contributed by atoms with Crippen molar-refractivity contribution >= 4 is 28.3 Å². The lowest BCUT2D eigenvalue weighted by molar-refractivity contribution is -0.141. The quantitative estimate of drug-likeness (QED) is 0.660. The van der Waals surface area contributed by atoms with Gasteiger partial charge in [0, 0.05) is 22.9 Å². The maximum atomic E-state index is 13.5. The Morgan fingerprint density at radius 3 is 2.60 bits per heavy atom. The normalized spacial score (nSPS) is 19.7. The number of aromatic hydroxyl groups is 2. The van der Waals surface area contributed by atoms with Gasteiger partial charge in [-0.1, -0.05) is 0 Å². The average Bonchev–Trinajstić information content (AvgIpc) is 3.20. The number of anilines is 1. The van der Waals surface area contributed by atoms with Crippen molar-refractivity contribution in [3.8, 4) is 22.8 Å². The fourth-order valence-corrected chi connectivity index (χ4v) is 3.58. The van der Waals surface area contributed by atoms with Crippen LogP contribution >= 0.6 is 11.3 Å². The van der Waals surface area contributed by atoms with E-state index >= 15 is 0 Å². The molecule has 3 rings (SSSR count). The van der Waals surface area contributed by atoms with Crippen LogP contribution in [0.4, 0.5) is 9.52 Å². The number of aliphatic carboxylic acids is 1. The molecular formula is C16H15FN2O5S. The van der Waals surface area contributed by atoms with Crippen LogP contribution in [0.1, 0.15) is 19.3 Å². The molecular weight excluding hydrogens is 351 g/mol. The van der Waals surface area contributed by atoms with E-state index in [9.17, 15) is 24.2 Å². The van der Waals surface area contributed by atoms with Gasteiger partial charge in [-0.25, -0.2) is 9.37 Å². The van der Waals surface area contributed by atoms with Gasteiger partial charge in [0.15, 0.2) is 16.7 Å². The van der Waals surface area contributed by atoms with Crippen molar-refractivity contribution < 1.29 is 29.3 Å². The van der Waals surface area contributed by atoms with E-state index in [0.29, 0.717) is 19.3 Å². The van der Waals surface area contributed by atoms with Crippen molar-refractivity contribution in [3.63, 3.8) is 0 Å². The number of amides is 1. The van der Waals surface area contributed by atoms with Gasteiger partial charge in [-0.15, -0.1) is 11.3 Å². The maximum absolute atomic E-state index is 13.5. The van der Waals surface area contributed by atoms with Crippen molar-refractivity contribution in [3.05, 3.63) is 23.3 Å². The van der Waals surface area contributed by atoms with Gasteiger partial charge in [0.05, 0.1) is 11.6 Å². The number of phenols is 2. The molecule has 2 aromatic rings. The number of rotatable bonds is 4. The second-order valence-corrected chi connectivity index (χ2v) is 6.75. The third-order valence-electron chi connectivity index (χ3n) is 4.23. The fourth-order valence-electron chi connectivity index (χ4n) is 2.86. The van der Waals surface area contributed by atoms with Gasteiger partial charge >= 0.3 is 5.97 Å². The first-order valence-corrected chi connectivity index (χ1v) is 8.44. The lowest BCUT2D eigenvalue weighted by atomic mass is 10.0. The lowest BCUT2D eigenvalue weighted by Crippen LogP contribution is -2.21. The van der Waals surface area contributed by atoms with E-state index in [1.807, 2.05) is 0 Å². The second kappa shape index (κ2) is 6.67. The van der Waals surface area contributed by atoms with Crippen LogP contribution in [0.15, 0.2) is 17.5 Å². The summed E-state index contributed by atoms with van der Waals surface area (Å²) >= 11 is 1.10. The molecule has 0 aliphatic heterocycles. The molecule has 7 nitrogen and oxygen atoms in total. The zero-order valence-electron chi connectivity index (χ0n) is 12.9. The highest BCUT2D eigenvalue weighted by Crippen LogP contribution is 2.36. The highest BCUT2D eigenvalue weighted by Gasteiger charge is 2.34. The topological polar surface area (TPSA) is 120 Å². The number of thiazole rings is 1. The van der Waals surface area contributed by atoms with Crippen LogP contribution in [-0.2, 0) is 9.59 Å². The van der Waals surface area contributed by atoms with Crippen molar-refractivity contribution in [2.75, 3.05) is 5.32 Å². The number of phenolic OH excluding ortho intramolecular Hbond substituents is 2. The Labute approximate surface area is 145 Å². The Kier molecular flexibility index (Phi) is 4.58. The number of halogens is 1. The Bertz CT molecular complexity index is 838. The molecule has 1 fully saturated rings. The van der Waals surface area contributed by atoms with Gasteiger partial charge in [0.1, 0.15) is 5.75 Å². The Morgan fingerprint density at radius 2 is 1.92 bits per heavy atom. The van der Waals surface area contributed by atoms with Crippen molar-refractivity contribution in [1.29, 1.82) is 0 Å². The summed E-state index contributed by atoms with van der Waals surface area (Å²) in [5, 5.41) is 32.5. The van der Waals surface area contributed by atoms with E-state index in [4.69, 9.17) is 5.11 Å². The molecule has 1 aromatic heterocycles. The molecule has 0 bridgehead atoms. The number of nitrogens with one attached hydrogen (secondary N) is 1. The number of carboxylic acids is 1. The Morgan fingerprint density at radius 1 is 1.20 bits per heavy atom. The first kappa shape index (κ1) is 17.2. The molecule has 4 N–H and O–H groups in total. The summed E-state index contributed by atoms with van der Waals surface area (Å²) in [5.41, 5.74) is 0.352. The minimum atomic E-state index is -0.892. The van der Waals surface area contributed by atoms with Crippen molar-refractivity contribution in [2.24, 2.45) is 11.8 Å². The molecule has 0 spiro atoms. The minimum Gasteiger partial charge on any atom is -0.507 e. The van der Waals surface area contributed by atoms with Gasteiger partial charge in [0.25, 0.3) is 0 Å². The van der Waals surface area contributed by atoms with Crippen LogP contribution < -0.4 is 5.32 Å². The molecule has 1 aromatic carbocycles. The molecule has 0 unspecified atom stereocenters. The number of carboxylic acid groups (broad SMARTS) is 1. The predicted molar refractivity (Wildman–Crippen MR) is 87.9 cm³/mol. The number of hydrogen-bond acceptors (Lipinski definition) is 6. The molecule has 1 aliphatic rings. The number of nitrogens with zero attached hydrogens (tertiary/aromatic N) is 1. The fraction of sp³-hybridized carbons (Fsp3) is 0.312. The summed E-state index contributed by atoms with van der Waals surface area (Å²) in [7, 11) is 0. The summed E-state index contributed by atoms with van der Waals surface area (Å²) in [5.74, 6) is -3.96. The summed E-state index contributed by atoms with van der Waals surface area (Å²) in [4.78, 5) is 27.3. The maximum Gasteiger partial charge on any atom is 0.306 e. The van der Waals surface area contributed by atoms with Crippen LogP contribution in [-0.4, -0.2) is 32.2 Å². The molecule has 1 heterocycles. The molecule has 0 saturated heterocycles. The van der Waals surface area contributed by atoms with Crippen molar-refractivity contribution in [1.82, 2.24) is 4.98 Å². The van der Waals surface area contributed by atoms with E-state index < -0.39 is 23.5 Å². The third kappa shape index (κ3) is 3.55. The Hall–Kier alpha value is -2.68. The summed E-state index contributed by atoms with van der Waals surface area (Å²) < 4.78 is 13.5. The van der Waals surface area contributed by atoms with Gasteiger partial charge in [0.2, 0.25) is 5.91 Å². The zero-order chi connectivity index (χ0) is 18.1. The molecule has 1 saturated carbocycles. The van der Waals surface area contributed by atoms with Gasteiger partial charge in [-0.05, 0) is 25.3 Å². The summed E-state index contributed by atoms with van der Waals surface area (Å²) in [6, 6.07) is 1.84. The van der Waals surface area contributed by atoms with Crippen LogP contribution in [0.5, 0.6) is 11.5 Å². The minimum absolute atomic E-state index is 0.0962. The molecule has 25 heavy (non-hydrogen) atoms.